The Kier molecular flexibility index (Phi) is 4.09. The van der Waals surface area contributed by atoms with E-state index < -0.39 is 0 Å². The smallest absolute Gasteiger partial charge is 0.244 e. The van der Waals surface area contributed by atoms with E-state index in [0.717, 1.165) is 5.56 Å². The zero-order valence-electron chi connectivity index (χ0n) is 9.43. The predicted molar refractivity (Wildman–Crippen MR) is 68.7 cm³/mol. The highest BCUT2D eigenvalue weighted by molar-refractivity contribution is 6.30. The van der Waals surface area contributed by atoms with E-state index >= 15 is 0 Å². The van der Waals surface area contributed by atoms with Gasteiger partial charge in [-0.25, -0.2) is 4.98 Å². The second kappa shape index (κ2) is 5.97. The van der Waals surface area contributed by atoms with E-state index in [1.807, 2.05) is 12.1 Å². The van der Waals surface area contributed by atoms with Gasteiger partial charge in [0.15, 0.2) is 0 Å². The van der Waals surface area contributed by atoms with Crippen LogP contribution < -0.4 is 5.32 Å². The minimum absolute atomic E-state index is 0.193. The van der Waals surface area contributed by atoms with Crippen molar-refractivity contribution in [3.8, 4) is 0 Å². The van der Waals surface area contributed by atoms with Crippen LogP contribution in [-0.2, 0) is 11.3 Å². The van der Waals surface area contributed by atoms with Crippen LogP contribution in [0, 0.1) is 0 Å². The van der Waals surface area contributed by atoms with Gasteiger partial charge >= 0.3 is 0 Å². The topological polar surface area (TPSA) is 70.7 Å². The van der Waals surface area contributed by atoms with Crippen LogP contribution in [0.3, 0.4) is 0 Å². The lowest BCUT2D eigenvalue weighted by Gasteiger charge is -1.98. The number of aromatic nitrogens is 3. The first-order valence-corrected chi connectivity index (χ1v) is 5.67. The van der Waals surface area contributed by atoms with Crippen molar-refractivity contribution in [2.75, 3.05) is 0 Å². The molecule has 0 aliphatic rings. The number of hydrogen-bond donors (Lipinski definition) is 2. The first-order valence-electron chi connectivity index (χ1n) is 5.30. The summed E-state index contributed by atoms with van der Waals surface area (Å²) in [6, 6.07) is 7.21. The fraction of sp³-hybridized carbons (Fsp3) is 0.0833. The van der Waals surface area contributed by atoms with Gasteiger partial charge in [-0.15, -0.1) is 0 Å². The molecule has 0 unspecified atom stereocenters. The third-order valence-corrected chi connectivity index (χ3v) is 2.44. The summed E-state index contributed by atoms with van der Waals surface area (Å²) in [5.41, 5.74) is 0.911. The average Bonchev–Trinajstić information content (AvgIpc) is 2.89. The molecule has 0 aliphatic carbocycles. The van der Waals surface area contributed by atoms with Gasteiger partial charge in [0.25, 0.3) is 0 Å². The van der Waals surface area contributed by atoms with Gasteiger partial charge in [0.1, 0.15) is 12.2 Å². The summed E-state index contributed by atoms with van der Waals surface area (Å²) in [5, 5.41) is 9.69. The lowest BCUT2D eigenvalue weighted by Crippen LogP contribution is -2.20. The summed E-state index contributed by atoms with van der Waals surface area (Å²) in [6.45, 7) is 0.323. The molecule has 0 fully saturated rings. The van der Waals surface area contributed by atoms with Crippen molar-refractivity contribution in [2.24, 2.45) is 0 Å². The Morgan fingerprint density at radius 2 is 2.17 bits per heavy atom. The summed E-state index contributed by atoms with van der Waals surface area (Å²) in [7, 11) is 0. The van der Waals surface area contributed by atoms with Crippen LogP contribution in [0.1, 0.15) is 11.4 Å². The number of carbonyl (C=O) groups excluding carboxylic acids is 1. The fourth-order valence-electron chi connectivity index (χ4n) is 1.29. The van der Waals surface area contributed by atoms with Gasteiger partial charge in [-0.1, -0.05) is 23.7 Å². The average molecular weight is 263 g/mol. The maximum atomic E-state index is 11.5. The van der Waals surface area contributed by atoms with E-state index in [-0.39, 0.29) is 5.91 Å². The first-order chi connectivity index (χ1) is 8.74. The summed E-state index contributed by atoms with van der Waals surface area (Å²) in [5.74, 6) is 0.421. The summed E-state index contributed by atoms with van der Waals surface area (Å²) >= 11 is 5.76. The van der Waals surface area contributed by atoms with Crippen LogP contribution in [0.25, 0.3) is 6.08 Å². The third-order valence-electron chi connectivity index (χ3n) is 2.19. The van der Waals surface area contributed by atoms with Gasteiger partial charge in [-0.05, 0) is 23.8 Å². The SMILES string of the molecule is O=C(/C=C/c1ccc(Cl)cc1)NCc1ncn[nH]1. The zero-order valence-corrected chi connectivity index (χ0v) is 10.2. The molecule has 18 heavy (non-hydrogen) atoms. The Hall–Kier alpha value is -2.14. The van der Waals surface area contributed by atoms with Gasteiger partial charge in [-0.2, -0.15) is 5.10 Å². The van der Waals surface area contributed by atoms with Crippen LogP contribution in [0.15, 0.2) is 36.7 Å². The van der Waals surface area contributed by atoms with Crippen molar-refractivity contribution in [1.29, 1.82) is 0 Å². The Bertz CT molecular complexity index is 534. The second-order valence-corrected chi connectivity index (χ2v) is 3.97. The molecule has 0 radical (unpaired) electrons. The number of H-pyrrole nitrogens is 1. The van der Waals surface area contributed by atoms with Crippen LogP contribution >= 0.6 is 11.6 Å². The van der Waals surface area contributed by atoms with Gasteiger partial charge < -0.3 is 5.32 Å². The Morgan fingerprint density at radius 1 is 1.39 bits per heavy atom. The Labute approximate surface area is 109 Å². The number of nitrogens with zero attached hydrogens (tertiary/aromatic N) is 2. The third kappa shape index (κ3) is 3.71. The van der Waals surface area contributed by atoms with Crippen molar-refractivity contribution in [1.82, 2.24) is 20.5 Å². The lowest BCUT2D eigenvalue weighted by molar-refractivity contribution is -0.116. The predicted octanol–water partition coefficient (Wildman–Crippen LogP) is 1.79. The number of rotatable bonds is 4. The zero-order chi connectivity index (χ0) is 12.8. The summed E-state index contributed by atoms with van der Waals surface area (Å²) < 4.78 is 0. The highest BCUT2D eigenvalue weighted by Crippen LogP contribution is 2.10. The first kappa shape index (κ1) is 12.3. The van der Waals surface area contributed by atoms with E-state index in [9.17, 15) is 4.79 Å². The number of amides is 1. The molecule has 1 aromatic carbocycles. The molecule has 2 rings (SSSR count). The molecule has 1 aromatic heterocycles. The molecular formula is C12H11ClN4O. The quantitative estimate of drug-likeness (QED) is 0.826. The molecule has 0 saturated heterocycles. The molecule has 0 atom stereocenters. The van der Waals surface area contributed by atoms with E-state index in [0.29, 0.717) is 17.4 Å². The number of nitrogens with one attached hydrogen (secondary N) is 2. The van der Waals surface area contributed by atoms with Gasteiger partial charge in [0.2, 0.25) is 5.91 Å². The minimum atomic E-state index is -0.193. The van der Waals surface area contributed by atoms with Crippen LogP contribution in [0.2, 0.25) is 5.02 Å². The largest absolute Gasteiger partial charge is 0.345 e. The van der Waals surface area contributed by atoms with E-state index in [2.05, 4.69) is 20.5 Å². The van der Waals surface area contributed by atoms with Crippen LogP contribution in [-0.4, -0.2) is 21.1 Å². The molecule has 1 heterocycles. The van der Waals surface area contributed by atoms with Gasteiger partial charge in [0, 0.05) is 11.1 Å². The van der Waals surface area contributed by atoms with E-state index in [1.165, 1.54) is 12.4 Å². The highest BCUT2D eigenvalue weighted by atomic mass is 35.5. The Balaban J connectivity index is 1.85. The molecular weight excluding hydrogens is 252 g/mol. The monoisotopic (exact) mass is 262 g/mol. The van der Waals surface area contributed by atoms with Crippen molar-refractivity contribution in [3.05, 3.63) is 53.1 Å². The molecule has 0 saturated carbocycles. The minimum Gasteiger partial charge on any atom is -0.345 e. The molecule has 0 aliphatic heterocycles. The molecule has 92 valence electrons. The molecule has 5 nitrogen and oxygen atoms in total. The molecule has 2 N–H and O–H groups in total. The Morgan fingerprint density at radius 3 is 2.83 bits per heavy atom. The maximum absolute atomic E-state index is 11.5. The number of carbonyl (C=O) groups is 1. The standard InChI is InChI=1S/C12H11ClN4O/c13-10-4-1-9(2-5-10)3-6-12(18)14-7-11-15-8-16-17-11/h1-6,8H,7H2,(H,14,18)(H,15,16,17)/b6-3+. The van der Waals surface area contributed by atoms with Gasteiger partial charge in [-0.3, -0.25) is 9.89 Å². The number of hydrogen-bond acceptors (Lipinski definition) is 3. The van der Waals surface area contributed by atoms with Crippen molar-refractivity contribution in [2.45, 2.75) is 6.54 Å². The second-order valence-electron chi connectivity index (χ2n) is 3.53. The van der Waals surface area contributed by atoms with Crippen molar-refractivity contribution >= 4 is 23.6 Å². The molecule has 6 heteroatoms. The molecule has 1 amide bonds. The normalized spacial score (nSPS) is 10.7. The maximum Gasteiger partial charge on any atom is 0.244 e. The van der Waals surface area contributed by atoms with Crippen molar-refractivity contribution < 1.29 is 4.79 Å². The molecule has 0 bridgehead atoms. The summed E-state index contributed by atoms with van der Waals surface area (Å²) in [6.07, 6.45) is 4.57. The lowest BCUT2D eigenvalue weighted by atomic mass is 10.2. The van der Waals surface area contributed by atoms with E-state index in [4.69, 9.17) is 11.6 Å². The van der Waals surface area contributed by atoms with Crippen LogP contribution in [0.4, 0.5) is 0 Å². The highest BCUT2D eigenvalue weighted by Gasteiger charge is 1.98. The summed E-state index contributed by atoms with van der Waals surface area (Å²) in [4.78, 5) is 15.4. The van der Waals surface area contributed by atoms with E-state index in [1.54, 1.807) is 18.2 Å². The van der Waals surface area contributed by atoms with Gasteiger partial charge in [0.05, 0.1) is 6.54 Å². The van der Waals surface area contributed by atoms with Crippen molar-refractivity contribution in [3.63, 3.8) is 0 Å². The molecule has 2 aromatic rings. The molecule has 0 spiro atoms. The fourth-order valence-corrected chi connectivity index (χ4v) is 1.42. The number of benzene rings is 1. The number of halogens is 1. The van der Waals surface area contributed by atoms with Crippen LogP contribution in [0.5, 0.6) is 0 Å². The number of aromatic amines is 1.